The van der Waals surface area contributed by atoms with E-state index in [0.717, 1.165) is 0 Å². The molecule has 0 bridgehead atoms. The summed E-state index contributed by atoms with van der Waals surface area (Å²) in [5, 5.41) is 8.36. The molecule has 0 saturated heterocycles. The summed E-state index contributed by atoms with van der Waals surface area (Å²) in [6, 6.07) is 32.9. The van der Waals surface area contributed by atoms with Crippen LogP contribution in [0.25, 0.3) is 0 Å². The van der Waals surface area contributed by atoms with E-state index in [0.29, 0.717) is 7.92 Å². The molecular formula is C41H56O2PRhSn. The number of allylic oxidation sites excluding steroid dienone is 2. The third-order valence-electron chi connectivity index (χ3n) is 9.59. The normalized spacial score (nSPS) is 18.0. The van der Waals surface area contributed by atoms with Crippen molar-refractivity contribution in [3.63, 3.8) is 0 Å². The summed E-state index contributed by atoms with van der Waals surface area (Å²) < 4.78 is 4.59. The predicted octanol–water partition coefficient (Wildman–Crippen LogP) is 9.70. The average Bonchev–Trinajstić information content (AvgIpc) is 3.08. The first-order valence-electron chi connectivity index (χ1n) is 17.7. The van der Waals surface area contributed by atoms with E-state index in [1.165, 1.54) is 66.9 Å². The van der Waals surface area contributed by atoms with Crippen LogP contribution in [0.5, 0.6) is 0 Å². The number of carbonyl (C=O) groups excluding carboxylic acids is 1. The van der Waals surface area contributed by atoms with E-state index >= 15 is 0 Å². The van der Waals surface area contributed by atoms with Crippen molar-refractivity contribution >= 4 is 44.2 Å². The van der Waals surface area contributed by atoms with Gasteiger partial charge in [-0.1, -0.05) is 65.7 Å². The second-order valence-electron chi connectivity index (χ2n) is 13.2. The Morgan fingerprint density at radius 3 is 1.07 bits per heavy atom. The molecule has 6 rings (SSSR count). The second kappa shape index (κ2) is 22.4. The summed E-state index contributed by atoms with van der Waals surface area (Å²) >= 11 is -1.98. The van der Waals surface area contributed by atoms with Crippen LogP contribution in [-0.4, -0.2) is 47.6 Å². The number of rotatable bonds is 7. The van der Waals surface area contributed by atoms with Gasteiger partial charge in [0.25, 0.3) is 0 Å². The number of benzene rings is 3. The van der Waals surface area contributed by atoms with Gasteiger partial charge in [-0.2, -0.15) is 0 Å². The van der Waals surface area contributed by atoms with Gasteiger partial charge >= 0.3 is 121 Å². The van der Waals surface area contributed by atoms with Gasteiger partial charge < -0.3 is 5.11 Å². The Morgan fingerprint density at radius 1 is 0.565 bits per heavy atom. The van der Waals surface area contributed by atoms with E-state index < -0.39 is 19.8 Å². The molecule has 0 aromatic heterocycles. The summed E-state index contributed by atoms with van der Waals surface area (Å²) in [4.78, 5) is 10.0. The van der Waals surface area contributed by atoms with Crippen molar-refractivity contribution in [2.45, 2.75) is 127 Å². The van der Waals surface area contributed by atoms with Gasteiger partial charge in [0.15, 0.2) is 5.78 Å². The van der Waals surface area contributed by atoms with Crippen LogP contribution < -0.4 is 10.7 Å². The van der Waals surface area contributed by atoms with E-state index in [4.69, 9.17) is 5.11 Å². The molecule has 0 amide bonds. The first-order valence-corrected chi connectivity index (χ1v) is 23.5. The summed E-state index contributed by atoms with van der Waals surface area (Å²) in [7, 11) is 0.385. The summed E-state index contributed by atoms with van der Waals surface area (Å²) in [6.45, 7) is 2.85. The molecule has 3 aromatic rings. The van der Waals surface area contributed by atoms with E-state index in [9.17, 15) is 4.79 Å². The van der Waals surface area contributed by atoms with Crippen LogP contribution in [0, 0.1) is 0 Å². The Balaban J connectivity index is 0.000000205. The number of hydrogen-bond donors (Lipinski definition) is 1. The van der Waals surface area contributed by atoms with Crippen LogP contribution in [0.15, 0.2) is 103 Å². The van der Waals surface area contributed by atoms with Gasteiger partial charge in [0.1, 0.15) is 0 Å². The molecule has 0 atom stereocenters. The van der Waals surface area contributed by atoms with Crippen LogP contribution >= 0.6 is 7.92 Å². The summed E-state index contributed by atoms with van der Waals surface area (Å²) in [5.41, 5.74) is 3.57. The number of ketones is 1. The molecule has 3 aromatic carbocycles. The Morgan fingerprint density at radius 2 is 0.848 bits per heavy atom. The van der Waals surface area contributed by atoms with Crippen molar-refractivity contribution in [2.75, 3.05) is 0 Å². The van der Waals surface area contributed by atoms with Crippen molar-refractivity contribution in [1.29, 1.82) is 0 Å². The first-order chi connectivity index (χ1) is 22.0. The molecule has 250 valence electrons. The molecule has 46 heavy (non-hydrogen) atoms. The molecule has 0 aliphatic heterocycles. The van der Waals surface area contributed by atoms with Crippen LogP contribution in [0.3, 0.4) is 0 Å². The molecule has 3 aliphatic rings. The molecule has 5 heteroatoms. The molecular weight excluding hydrogens is 777 g/mol. The summed E-state index contributed by atoms with van der Waals surface area (Å²) in [6.07, 6.45) is 24.8. The Hall–Kier alpha value is -1.28. The molecule has 3 saturated carbocycles. The maximum absolute atomic E-state index is 10.0. The Labute approximate surface area is 301 Å². The monoisotopic (exact) mass is 834 g/mol. The van der Waals surface area contributed by atoms with Crippen LogP contribution in [0.1, 0.15) is 110 Å². The molecule has 2 nitrogen and oxygen atoms in total. The number of hydrogen-bond acceptors (Lipinski definition) is 2. The van der Waals surface area contributed by atoms with E-state index in [2.05, 4.69) is 91.0 Å². The first kappa shape index (κ1) is 39.2. The fraction of sp³-hybridized carbons (Fsp3) is 0.488. The minimum absolute atomic E-state index is 0. The second-order valence-corrected chi connectivity index (χ2v) is 23.4. The zero-order chi connectivity index (χ0) is 31.7. The number of carbonyl (C=O) groups is 1. The topological polar surface area (TPSA) is 37.3 Å². The molecule has 0 unspecified atom stereocenters. The maximum atomic E-state index is 10.0. The number of aliphatic hydroxyl groups is 1. The van der Waals surface area contributed by atoms with Gasteiger partial charge in [-0.25, -0.2) is 0 Å². The minimum atomic E-state index is -1.98. The molecule has 1 N–H and O–H groups in total. The van der Waals surface area contributed by atoms with Gasteiger partial charge in [0.05, 0.1) is 5.76 Å². The van der Waals surface area contributed by atoms with Crippen molar-refractivity contribution in [2.24, 2.45) is 0 Å². The van der Waals surface area contributed by atoms with Crippen molar-refractivity contribution in [1.82, 2.24) is 0 Å². The zero-order valence-corrected chi connectivity index (χ0v) is 33.6. The van der Waals surface area contributed by atoms with E-state index in [1.807, 2.05) is 0 Å². The van der Waals surface area contributed by atoms with Crippen molar-refractivity contribution in [3.05, 3.63) is 103 Å². The molecule has 2 radical (unpaired) electrons. The molecule has 0 heterocycles. The van der Waals surface area contributed by atoms with Crippen LogP contribution in [0.2, 0.25) is 0 Å². The van der Waals surface area contributed by atoms with Crippen LogP contribution in [0.4, 0.5) is 0 Å². The van der Waals surface area contributed by atoms with Crippen molar-refractivity contribution < 1.29 is 29.4 Å². The molecule has 3 aliphatic carbocycles. The van der Waals surface area contributed by atoms with E-state index in [-0.39, 0.29) is 31.0 Å². The van der Waals surface area contributed by atoms with Crippen LogP contribution in [-0.2, 0) is 24.3 Å². The average molecular weight is 833 g/mol. The molecule has 0 spiro atoms. The summed E-state index contributed by atoms with van der Waals surface area (Å²) in [5.74, 6) is -0.0625. The van der Waals surface area contributed by atoms with Crippen molar-refractivity contribution in [3.8, 4) is 0 Å². The Bertz CT molecular complexity index is 1110. The fourth-order valence-corrected chi connectivity index (χ4v) is 19.7. The van der Waals surface area contributed by atoms with Gasteiger partial charge in [-0.3, -0.25) is 4.79 Å². The SMILES string of the molecule is C1CCC(P(C2CCCCC2)C2CCCCC2)CC1.CC(=O)/C=C(/C)O.[Rh].c1cc[c]([Sn]([c]2ccccc2)[c]2ccccc2)cc1. The predicted molar refractivity (Wildman–Crippen MR) is 199 cm³/mol. The van der Waals surface area contributed by atoms with Gasteiger partial charge in [0.2, 0.25) is 0 Å². The standard InChI is InChI=1S/C18H33P.3C6H5.C5H8O2.Rh.Sn/c1-4-10-16(11-5-1)19(17-12-6-2-7-13-17)18-14-8-3-9-15-18;3*1-2-4-6-5-3-1;1-4(6)3-5(2)7;;/h16-18H,1-15H2;3*1-5H;3,6H,1-2H3;;/b;;;;4-3-;;. The van der Waals surface area contributed by atoms with Gasteiger partial charge in [0, 0.05) is 25.6 Å². The van der Waals surface area contributed by atoms with Gasteiger partial charge in [-0.05, 0) is 69.3 Å². The van der Waals surface area contributed by atoms with E-state index in [1.54, 1.807) is 77.0 Å². The fourth-order valence-electron chi connectivity index (χ4n) is 7.64. The quantitative estimate of drug-likeness (QED) is 0.112. The third-order valence-corrected chi connectivity index (χ3v) is 21.5. The third kappa shape index (κ3) is 13.3. The number of aliphatic hydroxyl groups excluding tert-OH is 1. The zero-order valence-electron chi connectivity index (χ0n) is 28.2. The van der Waals surface area contributed by atoms with Gasteiger partial charge in [-0.15, -0.1) is 0 Å². The Kier molecular flexibility index (Phi) is 19.0. The molecule has 3 fully saturated rings.